The Bertz CT molecular complexity index is 765. The van der Waals surface area contributed by atoms with Crippen molar-refractivity contribution in [2.24, 2.45) is 0 Å². The molecule has 0 aliphatic carbocycles. The highest BCUT2D eigenvalue weighted by atomic mass is 32.1. The predicted octanol–water partition coefficient (Wildman–Crippen LogP) is 4.77. The number of carbonyl (C=O) groups excluding carboxylic acids is 1. The van der Waals surface area contributed by atoms with Gasteiger partial charge >= 0.3 is 0 Å². The maximum absolute atomic E-state index is 12.6. The van der Waals surface area contributed by atoms with Gasteiger partial charge in [-0.15, -0.1) is 11.3 Å². The van der Waals surface area contributed by atoms with Crippen LogP contribution in [0.3, 0.4) is 0 Å². The van der Waals surface area contributed by atoms with Gasteiger partial charge in [-0.25, -0.2) is 0 Å². The summed E-state index contributed by atoms with van der Waals surface area (Å²) in [7, 11) is 0. The molecule has 116 valence electrons. The van der Waals surface area contributed by atoms with E-state index in [2.05, 4.69) is 29.6 Å². The Hall–Kier alpha value is -2.39. The van der Waals surface area contributed by atoms with Gasteiger partial charge in [-0.3, -0.25) is 4.79 Å². The molecule has 0 spiro atoms. The van der Waals surface area contributed by atoms with Gasteiger partial charge in [-0.2, -0.15) is 0 Å². The van der Waals surface area contributed by atoms with Gasteiger partial charge in [-0.05, 0) is 41.5 Å². The Kier molecular flexibility index (Phi) is 4.89. The summed E-state index contributed by atoms with van der Waals surface area (Å²) in [4.78, 5) is 13.4. The average molecular weight is 321 g/mol. The molecule has 1 N–H and O–H groups in total. The number of carbonyl (C=O) groups is 1. The molecule has 0 radical (unpaired) electrons. The van der Waals surface area contributed by atoms with Crippen molar-refractivity contribution in [3.8, 4) is 0 Å². The Morgan fingerprint density at radius 2 is 1.65 bits per heavy atom. The summed E-state index contributed by atoms with van der Waals surface area (Å²) in [6, 6.07) is 22.3. The van der Waals surface area contributed by atoms with E-state index in [4.69, 9.17) is 0 Å². The molecular weight excluding hydrogens is 302 g/mol. The third-order valence-electron chi connectivity index (χ3n) is 3.86. The molecule has 1 atom stereocenters. The maximum atomic E-state index is 12.6. The van der Waals surface area contributed by atoms with Gasteiger partial charge in [0.1, 0.15) is 0 Å². The second kappa shape index (κ2) is 7.25. The molecule has 1 amide bonds. The molecule has 1 heterocycles. The lowest BCUT2D eigenvalue weighted by Gasteiger charge is -2.19. The van der Waals surface area contributed by atoms with Gasteiger partial charge in [0.15, 0.2) is 0 Å². The number of rotatable bonds is 5. The summed E-state index contributed by atoms with van der Waals surface area (Å²) in [5.74, 6) is 0.00211. The zero-order valence-corrected chi connectivity index (χ0v) is 13.8. The third kappa shape index (κ3) is 3.88. The van der Waals surface area contributed by atoms with E-state index in [-0.39, 0.29) is 11.9 Å². The number of hydrogen-bond donors (Lipinski definition) is 1. The lowest BCUT2D eigenvalue weighted by Crippen LogP contribution is -2.29. The Balaban J connectivity index is 1.83. The Morgan fingerprint density at radius 1 is 1.00 bits per heavy atom. The molecular formula is C20H19NOS. The largest absolute Gasteiger partial charge is 0.344 e. The molecule has 0 saturated heterocycles. The number of nitrogens with one attached hydrogen (secondary N) is 1. The molecule has 3 rings (SSSR count). The summed E-state index contributed by atoms with van der Waals surface area (Å²) in [5.41, 5.74) is 3.36. The van der Waals surface area contributed by atoms with Crippen LogP contribution in [0.5, 0.6) is 0 Å². The average Bonchev–Trinajstić information content (AvgIpc) is 3.02. The van der Waals surface area contributed by atoms with Crippen molar-refractivity contribution in [1.29, 1.82) is 0 Å². The normalized spacial score (nSPS) is 11.9. The van der Waals surface area contributed by atoms with Gasteiger partial charge in [-0.1, -0.05) is 60.7 Å². The molecule has 3 aromatic rings. The monoisotopic (exact) mass is 321 g/mol. The van der Waals surface area contributed by atoms with Crippen molar-refractivity contribution < 1.29 is 4.79 Å². The number of aryl methyl sites for hydroxylation is 1. The molecule has 2 nitrogen and oxygen atoms in total. The van der Waals surface area contributed by atoms with Crippen LogP contribution in [0.4, 0.5) is 0 Å². The number of benzene rings is 2. The summed E-state index contributed by atoms with van der Waals surface area (Å²) in [6.45, 7) is 1.97. The van der Waals surface area contributed by atoms with E-state index >= 15 is 0 Å². The lowest BCUT2D eigenvalue weighted by molar-refractivity contribution is 0.0940. The minimum absolute atomic E-state index is 0.00211. The molecule has 23 heavy (non-hydrogen) atoms. The number of hydrogen-bond acceptors (Lipinski definition) is 2. The van der Waals surface area contributed by atoms with E-state index < -0.39 is 0 Å². The Labute approximate surface area is 140 Å². The van der Waals surface area contributed by atoms with Crippen molar-refractivity contribution in [1.82, 2.24) is 5.32 Å². The topological polar surface area (TPSA) is 29.1 Å². The quantitative estimate of drug-likeness (QED) is 0.720. The molecule has 0 bridgehead atoms. The highest BCUT2D eigenvalue weighted by molar-refractivity contribution is 7.12. The van der Waals surface area contributed by atoms with Gasteiger partial charge in [0.05, 0.1) is 10.9 Å². The van der Waals surface area contributed by atoms with E-state index in [1.54, 1.807) is 0 Å². The van der Waals surface area contributed by atoms with Crippen LogP contribution in [-0.2, 0) is 6.42 Å². The van der Waals surface area contributed by atoms with E-state index in [9.17, 15) is 4.79 Å². The molecule has 0 saturated carbocycles. The van der Waals surface area contributed by atoms with Gasteiger partial charge < -0.3 is 5.32 Å². The van der Waals surface area contributed by atoms with Gasteiger partial charge in [0.2, 0.25) is 0 Å². The Morgan fingerprint density at radius 3 is 2.26 bits per heavy atom. The summed E-state index contributed by atoms with van der Waals surface area (Å²) < 4.78 is 0. The van der Waals surface area contributed by atoms with Crippen LogP contribution >= 0.6 is 11.3 Å². The van der Waals surface area contributed by atoms with Crippen LogP contribution in [0.15, 0.2) is 72.1 Å². The second-order valence-electron chi connectivity index (χ2n) is 5.56. The molecule has 0 aliphatic heterocycles. The first kappa shape index (κ1) is 15.5. The zero-order chi connectivity index (χ0) is 16.1. The maximum Gasteiger partial charge on any atom is 0.262 e. The molecule has 3 heteroatoms. The van der Waals surface area contributed by atoms with E-state index in [1.807, 2.05) is 54.8 Å². The predicted molar refractivity (Wildman–Crippen MR) is 95.9 cm³/mol. The zero-order valence-electron chi connectivity index (χ0n) is 13.0. The summed E-state index contributed by atoms with van der Waals surface area (Å²) in [6.07, 6.45) is 0.779. The summed E-state index contributed by atoms with van der Waals surface area (Å²) >= 11 is 1.49. The van der Waals surface area contributed by atoms with Crippen LogP contribution < -0.4 is 5.32 Å². The van der Waals surface area contributed by atoms with Gasteiger partial charge in [0, 0.05) is 0 Å². The highest BCUT2D eigenvalue weighted by Gasteiger charge is 2.18. The summed E-state index contributed by atoms with van der Waals surface area (Å²) in [5, 5.41) is 5.15. The van der Waals surface area contributed by atoms with E-state index in [1.165, 1.54) is 16.9 Å². The smallest absolute Gasteiger partial charge is 0.262 e. The SMILES string of the molecule is Cc1ccsc1C(=O)N[C@H](Cc1ccccc1)c1ccccc1. The first-order valence-corrected chi connectivity index (χ1v) is 8.56. The molecule has 0 aliphatic rings. The van der Waals surface area contributed by atoms with Crippen molar-refractivity contribution in [3.63, 3.8) is 0 Å². The van der Waals surface area contributed by atoms with Crippen LogP contribution in [0.2, 0.25) is 0 Å². The third-order valence-corrected chi connectivity index (χ3v) is 4.87. The van der Waals surface area contributed by atoms with Crippen molar-refractivity contribution >= 4 is 17.2 Å². The molecule has 0 unspecified atom stereocenters. The highest BCUT2D eigenvalue weighted by Crippen LogP contribution is 2.21. The number of amides is 1. The minimum Gasteiger partial charge on any atom is -0.344 e. The first-order valence-electron chi connectivity index (χ1n) is 7.68. The minimum atomic E-state index is -0.0346. The molecule has 1 aromatic heterocycles. The van der Waals surface area contributed by atoms with Crippen molar-refractivity contribution in [3.05, 3.63) is 93.7 Å². The van der Waals surface area contributed by atoms with Crippen molar-refractivity contribution in [2.45, 2.75) is 19.4 Å². The van der Waals surface area contributed by atoms with Crippen LogP contribution in [-0.4, -0.2) is 5.91 Å². The van der Waals surface area contributed by atoms with E-state index in [0.717, 1.165) is 22.4 Å². The fourth-order valence-corrected chi connectivity index (χ4v) is 3.44. The van der Waals surface area contributed by atoms with Crippen LogP contribution in [0.1, 0.15) is 32.4 Å². The molecule has 2 aromatic carbocycles. The molecule has 0 fully saturated rings. The van der Waals surface area contributed by atoms with Gasteiger partial charge in [0.25, 0.3) is 5.91 Å². The second-order valence-corrected chi connectivity index (χ2v) is 6.48. The fraction of sp³-hybridized carbons (Fsp3) is 0.150. The van der Waals surface area contributed by atoms with Crippen LogP contribution in [0.25, 0.3) is 0 Å². The van der Waals surface area contributed by atoms with Crippen molar-refractivity contribution in [2.75, 3.05) is 0 Å². The standard InChI is InChI=1S/C20H19NOS/c1-15-12-13-23-19(15)20(22)21-18(17-10-6-3-7-11-17)14-16-8-4-2-5-9-16/h2-13,18H,14H2,1H3,(H,21,22)/t18-/m1/s1. The van der Waals surface area contributed by atoms with E-state index in [0.29, 0.717) is 0 Å². The number of thiophene rings is 1. The fourth-order valence-electron chi connectivity index (χ4n) is 2.62. The lowest BCUT2D eigenvalue weighted by atomic mass is 9.98. The van der Waals surface area contributed by atoms with Crippen LogP contribution in [0, 0.1) is 6.92 Å². The first-order chi connectivity index (χ1) is 11.2.